The van der Waals surface area contributed by atoms with Crippen molar-refractivity contribution in [1.82, 2.24) is 9.80 Å². The number of morpholine rings is 1. The lowest BCUT2D eigenvalue weighted by atomic mass is 9.91. The van der Waals surface area contributed by atoms with E-state index in [2.05, 4.69) is 0 Å². The van der Waals surface area contributed by atoms with Crippen LogP contribution in [-0.2, 0) is 19.0 Å². The molecule has 256 valence electrons. The molecule has 0 radical (unpaired) electrons. The maximum Gasteiger partial charge on any atom is 0.410 e. The summed E-state index contributed by atoms with van der Waals surface area (Å²) in [5.41, 5.74) is 2.00. The SMILES string of the molecule is C/C(=C\c1cc(F)cc(N2CCOCC2)c1)[C@H]1OC(=O)C[C@H](O)CC[C@H](C)[C@H](OC(=O)N2CCN(CC(F)(F)F)CC2)/C=C/[C@@H]1C. The number of ether oxygens (including phenoxy) is 3. The van der Waals surface area contributed by atoms with Gasteiger partial charge in [-0.25, -0.2) is 9.18 Å². The number of amides is 1. The first kappa shape index (κ1) is 35.7. The first-order chi connectivity index (χ1) is 21.8. The van der Waals surface area contributed by atoms with Crippen molar-refractivity contribution in [2.75, 3.05) is 63.9 Å². The lowest BCUT2D eigenvalue weighted by Crippen LogP contribution is -2.51. The fourth-order valence-electron chi connectivity index (χ4n) is 6.01. The standard InChI is InChI=1S/C33H45F4N3O6/c1-22-4-6-28(41)20-30(42)46-31(24(3)16-25-17-26(34)19-27(18-25)39-12-14-44-15-13-39)23(2)5-7-29(22)45-32(43)40-10-8-38(9-11-40)21-33(35,36)37/h5,7,16-19,22-23,28-29,31,41H,4,6,8-15,20-21H2,1-3H3/b7-5+,24-16+/t22-,23-,28+,29+,31-/m0/s1. The first-order valence-corrected chi connectivity index (χ1v) is 15.9. The van der Waals surface area contributed by atoms with Gasteiger partial charge in [-0.3, -0.25) is 9.69 Å². The number of nitrogens with zero attached hydrogens (tertiary/aromatic N) is 3. The smallest absolute Gasteiger partial charge is 0.410 e. The third kappa shape index (κ3) is 10.7. The second-order valence-electron chi connectivity index (χ2n) is 12.5. The molecule has 3 aliphatic rings. The van der Waals surface area contributed by atoms with Crippen molar-refractivity contribution in [2.24, 2.45) is 11.8 Å². The number of alkyl halides is 3. The maximum absolute atomic E-state index is 14.7. The normalized spacial score (nSPS) is 28.6. The van der Waals surface area contributed by atoms with Gasteiger partial charge in [0.25, 0.3) is 0 Å². The molecule has 1 N–H and O–H groups in total. The molecule has 1 amide bonds. The number of aliphatic hydroxyl groups is 1. The van der Waals surface area contributed by atoms with Crippen LogP contribution in [0.15, 0.2) is 35.9 Å². The minimum atomic E-state index is -4.30. The van der Waals surface area contributed by atoms with Gasteiger partial charge < -0.3 is 29.1 Å². The molecule has 46 heavy (non-hydrogen) atoms. The van der Waals surface area contributed by atoms with E-state index in [0.29, 0.717) is 43.9 Å². The largest absolute Gasteiger partial charge is 0.457 e. The number of cyclic esters (lactones) is 1. The molecular formula is C33H45F4N3O6. The summed E-state index contributed by atoms with van der Waals surface area (Å²) in [6, 6.07) is 4.76. The molecule has 3 heterocycles. The van der Waals surface area contributed by atoms with Gasteiger partial charge in [0, 0.05) is 50.9 Å². The van der Waals surface area contributed by atoms with Gasteiger partial charge in [-0.2, -0.15) is 13.2 Å². The van der Waals surface area contributed by atoms with E-state index < -0.39 is 48.9 Å². The minimum Gasteiger partial charge on any atom is -0.457 e. The Balaban J connectivity index is 1.51. The van der Waals surface area contributed by atoms with Crippen LogP contribution in [0.25, 0.3) is 6.08 Å². The molecule has 5 atom stereocenters. The molecule has 3 aliphatic heterocycles. The summed E-state index contributed by atoms with van der Waals surface area (Å²) in [5, 5.41) is 10.6. The van der Waals surface area contributed by atoms with Gasteiger partial charge in [-0.05, 0) is 61.1 Å². The molecule has 2 saturated heterocycles. The molecule has 0 aromatic heterocycles. The molecule has 0 saturated carbocycles. The number of benzene rings is 1. The van der Waals surface area contributed by atoms with Crippen LogP contribution in [0.2, 0.25) is 0 Å². The van der Waals surface area contributed by atoms with Crippen LogP contribution < -0.4 is 4.90 Å². The van der Waals surface area contributed by atoms with Crippen molar-refractivity contribution in [3.63, 3.8) is 0 Å². The predicted octanol–water partition coefficient (Wildman–Crippen LogP) is 5.04. The van der Waals surface area contributed by atoms with Crippen LogP contribution in [-0.4, -0.2) is 110 Å². The summed E-state index contributed by atoms with van der Waals surface area (Å²) in [6.07, 6.45) is -1.46. The average Bonchev–Trinajstić information content (AvgIpc) is 2.99. The Morgan fingerprint density at radius 1 is 1.04 bits per heavy atom. The number of rotatable bonds is 5. The number of anilines is 1. The maximum atomic E-state index is 14.7. The van der Waals surface area contributed by atoms with Gasteiger partial charge in [0.05, 0.1) is 32.3 Å². The van der Waals surface area contributed by atoms with Gasteiger partial charge >= 0.3 is 18.2 Å². The molecule has 9 nitrogen and oxygen atoms in total. The second kappa shape index (κ2) is 16.1. The highest BCUT2D eigenvalue weighted by atomic mass is 19.4. The summed E-state index contributed by atoms with van der Waals surface area (Å²) in [4.78, 5) is 30.6. The number of carbonyl (C=O) groups excluding carboxylic acids is 2. The number of aliphatic hydroxyl groups excluding tert-OH is 1. The highest BCUT2D eigenvalue weighted by Crippen LogP contribution is 2.28. The fourth-order valence-corrected chi connectivity index (χ4v) is 6.01. The molecule has 0 bridgehead atoms. The molecule has 1 aromatic rings. The van der Waals surface area contributed by atoms with Crippen molar-refractivity contribution in [3.05, 3.63) is 47.3 Å². The number of hydrogen-bond acceptors (Lipinski definition) is 8. The number of carbonyl (C=O) groups is 2. The monoisotopic (exact) mass is 655 g/mol. The van der Waals surface area contributed by atoms with Crippen LogP contribution in [0.1, 0.15) is 45.6 Å². The topological polar surface area (TPSA) is 91.8 Å². The Morgan fingerprint density at radius 3 is 2.41 bits per heavy atom. The van der Waals surface area contributed by atoms with Crippen molar-refractivity contribution in [1.29, 1.82) is 0 Å². The molecule has 0 unspecified atom stereocenters. The summed E-state index contributed by atoms with van der Waals surface area (Å²) in [6.45, 7) is 7.32. The van der Waals surface area contributed by atoms with E-state index in [9.17, 15) is 32.3 Å². The summed E-state index contributed by atoms with van der Waals surface area (Å²) < 4.78 is 70.1. The Labute approximate surface area is 267 Å². The number of piperazine rings is 1. The van der Waals surface area contributed by atoms with Gasteiger partial charge in [0.1, 0.15) is 18.0 Å². The lowest BCUT2D eigenvalue weighted by Gasteiger charge is -2.35. The van der Waals surface area contributed by atoms with Crippen molar-refractivity contribution in [3.8, 4) is 0 Å². The molecule has 2 fully saturated rings. The summed E-state index contributed by atoms with van der Waals surface area (Å²) >= 11 is 0. The van der Waals surface area contributed by atoms with Gasteiger partial charge in [-0.15, -0.1) is 0 Å². The van der Waals surface area contributed by atoms with Crippen molar-refractivity contribution in [2.45, 2.75) is 64.5 Å². The molecular weight excluding hydrogens is 610 g/mol. The highest BCUT2D eigenvalue weighted by Gasteiger charge is 2.34. The van der Waals surface area contributed by atoms with E-state index in [1.54, 1.807) is 19.1 Å². The fraction of sp³-hybridized carbons (Fsp3) is 0.636. The van der Waals surface area contributed by atoms with Crippen LogP contribution in [0, 0.1) is 17.7 Å². The van der Waals surface area contributed by atoms with E-state index >= 15 is 0 Å². The van der Waals surface area contributed by atoms with E-state index in [1.165, 1.54) is 21.9 Å². The number of hydrogen-bond donors (Lipinski definition) is 1. The van der Waals surface area contributed by atoms with Gasteiger partial charge in [0.2, 0.25) is 0 Å². The third-order valence-electron chi connectivity index (χ3n) is 8.65. The highest BCUT2D eigenvalue weighted by molar-refractivity contribution is 5.71. The zero-order chi connectivity index (χ0) is 33.4. The molecule has 0 aliphatic carbocycles. The zero-order valence-electron chi connectivity index (χ0n) is 26.7. The molecule has 4 rings (SSSR count). The Morgan fingerprint density at radius 2 is 1.74 bits per heavy atom. The minimum absolute atomic E-state index is 0.0891. The van der Waals surface area contributed by atoms with E-state index in [1.807, 2.05) is 30.9 Å². The first-order valence-electron chi connectivity index (χ1n) is 15.9. The van der Waals surface area contributed by atoms with E-state index in [0.717, 1.165) is 5.69 Å². The number of halogens is 4. The molecule has 0 spiro atoms. The van der Waals surface area contributed by atoms with E-state index in [-0.39, 0.29) is 50.9 Å². The summed E-state index contributed by atoms with van der Waals surface area (Å²) in [5.74, 6) is -1.55. The van der Waals surface area contributed by atoms with Crippen molar-refractivity contribution < 1.29 is 46.5 Å². The van der Waals surface area contributed by atoms with Crippen LogP contribution in [0.5, 0.6) is 0 Å². The quantitative estimate of drug-likeness (QED) is 0.268. The Bertz CT molecular complexity index is 1240. The van der Waals surface area contributed by atoms with E-state index in [4.69, 9.17) is 14.2 Å². The molecule has 1 aromatic carbocycles. The average molecular weight is 656 g/mol. The van der Waals surface area contributed by atoms with Gasteiger partial charge in [-0.1, -0.05) is 26.0 Å². The number of esters is 1. The zero-order valence-corrected chi connectivity index (χ0v) is 26.7. The van der Waals surface area contributed by atoms with Crippen LogP contribution in [0.3, 0.4) is 0 Å². The Kier molecular flexibility index (Phi) is 12.5. The van der Waals surface area contributed by atoms with Gasteiger partial charge in [0.15, 0.2) is 0 Å². The second-order valence-corrected chi connectivity index (χ2v) is 12.5. The van der Waals surface area contributed by atoms with Crippen LogP contribution in [0.4, 0.5) is 28.0 Å². The summed E-state index contributed by atoms with van der Waals surface area (Å²) in [7, 11) is 0. The van der Waals surface area contributed by atoms with Crippen LogP contribution >= 0.6 is 0 Å². The van der Waals surface area contributed by atoms with Crippen molar-refractivity contribution >= 4 is 23.8 Å². The predicted molar refractivity (Wildman–Crippen MR) is 165 cm³/mol. The molecule has 13 heteroatoms. The lowest BCUT2D eigenvalue weighted by molar-refractivity contribution is -0.151. The Hall–Kier alpha value is -3.16. The third-order valence-corrected chi connectivity index (χ3v) is 8.65.